The van der Waals surface area contributed by atoms with Crippen LogP contribution in [0.1, 0.15) is 12.5 Å². The SMILES string of the molecule is CCN1CCN(Cc2ccc(NC(=O)Nc3ccc(F)cc3F)cc2)CC1. The average molecular weight is 374 g/mol. The summed E-state index contributed by atoms with van der Waals surface area (Å²) in [6.07, 6.45) is 0. The largest absolute Gasteiger partial charge is 0.323 e. The second kappa shape index (κ2) is 8.92. The standard InChI is InChI=1S/C20H24F2N4O/c1-2-25-9-11-26(12-10-25)14-15-3-6-17(7-4-15)23-20(27)24-19-8-5-16(21)13-18(19)22/h3-8,13H,2,9-12,14H2,1H3,(H2,23,24,27). The maximum Gasteiger partial charge on any atom is 0.323 e. The second-order valence-electron chi connectivity index (χ2n) is 6.61. The number of hydrogen-bond donors (Lipinski definition) is 2. The van der Waals surface area contributed by atoms with Gasteiger partial charge in [-0.15, -0.1) is 0 Å². The minimum atomic E-state index is -0.816. The molecular weight excluding hydrogens is 350 g/mol. The highest BCUT2D eigenvalue weighted by Gasteiger charge is 2.15. The summed E-state index contributed by atoms with van der Waals surface area (Å²) in [7, 11) is 0. The van der Waals surface area contributed by atoms with Crippen LogP contribution in [0.15, 0.2) is 42.5 Å². The Balaban J connectivity index is 1.50. The van der Waals surface area contributed by atoms with Crippen LogP contribution in [0.25, 0.3) is 0 Å². The minimum Gasteiger partial charge on any atom is -0.308 e. The molecule has 1 saturated heterocycles. The van der Waals surface area contributed by atoms with Crippen molar-refractivity contribution in [1.82, 2.24) is 9.80 Å². The zero-order chi connectivity index (χ0) is 19.2. The summed E-state index contributed by atoms with van der Waals surface area (Å²) in [6, 6.07) is 10.0. The Labute approximate surface area is 158 Å². The lowest BCUT2D eigenvalue weighted by atomic mass is 10.2. The monoisotopic (exact) mass is 374 g/mol. The van der Waals surface area contributed by atoms with Gasteiger partial charge in [0.2, 0.25) is 0 Å². The number of hydrogen-bond acceptors (Lipinski definition) is 3. The molecule has 2 aromatic rings. The fraction of sp³-hybridized carbons (Fsp3) is 0.350. The summed E-state index contributed by atoms with van der Waals surface area (Å²) in [6.45, 7) is 8.45. The molecule has 0 atom stereocenters. The quantitative estimate of drug-likeness (QED) is 0.838. The highest BCUT2D eigenvalue weighted by atomic mass is 19.1. The normalized spacial score (nSPS) is 15.5. The number of anilines is 2. The van der Waals surface area contributed by atoms with Crippen molar-refractivity contribution in [3.05, 3.63) is 59.7 Å². The van der Waals surface area contributed by atoms with Gasteiger partial charge in [0, 0.05) is 44.5 Å². The van der Waals surface area contributed by atoms with Crippen LogP contribution < -0.4 is 10.6 Å². The van der Waals surface area contributed by atoms with E-state index in [9.17, 15) is 13.6 Å². The van der Waals surface area contributed by atoms with E-state index >= 15 is 0 Å². The van der Waals surface area contributed by atoms with Gasteiger partial charge in [-0.1, -0.05) is 19.1 Å². The lowest BCUT2D eigenvalue weighted by Gasteiger charge is -2.34. The van der Waals surface area contributed by atoms with Crippen molar-refractivity contribution in [2.45, 2.75) is 13.5 Å². The summed E-state index contributed by atoms with van der Waals surface area (Å²) in [4.78, 5) is 16.8. The summed E-state index contributed by atoms with van der Waals surface area (Å²) >= 11 is 0. The molecule has 5 nitrogen and oxygen atoms in total. The van der Waals surface area contributed by atoms with Crippen molar-refractivity contribution in [3.63, 3.8) is 0 Å². The lowest BCUT2D eigenvalue weighted by Crippen LogP contribution is -2.45. The van der Waals surface area contributed by atoms with Gasteiger partial charge in [-0.25, -0.2) is 13.6 Å². The van der Waals surface area contributed by atoms with Crippen LogP contribution in [0.4, 0.5) is 25.0 Å². The van der Waals surface area contributed by atoms with Crippen molar-refractivity contribution >= 4 is 17.4 Å². The topological polar surface area (TPSA) is 47.6 Å². The molecule has 2 aromatic carbocycles. The van der Waals surface area contributed by atoms with Gasteiger partial charge in [0.1, 0.15) is 11.6 Å². The molecule has 27 heavy (non-hydrogen) atoms. The molecule has 0 unspecified atom stereocenters. The summed E-state index contributed by atoms with van der Waals surface area (Å²) < 4.78 is 26.5. The van der Waals surface area contributed by atoms with E-state index in [4.69, 9.17) is 0 Å². The van der Waals surface area contributed by atoms with Gasteiger partial charge in [-0.3, -0.25) is 4.90 Å². The van der Waals surface area contributed by atoms with Gasteiger partial charge >= 0.3 is 6.03 Å². The van der Waals surface area contributed by atoms with E-state index in [1.165, 1.54) is 11.6 Å². The Kier molecular flexibility index (Phi) is 6.36. The first kappa shape index (κ1) is 19.3. The Morgan fingerprint density at radius 1 is 0.963 bits per heavy atom. The third-order valence-corrected chi connectivity index (χ3v) is 4.71. The molecule has 1 aliphatic heterocycles. The third kappa shape index (κ3) is 5.48. The molecule has 7 heteroatoms. The number of nitrogens with zero attached hydrogens (tertiary/aromatic N) is 2. The third-order valence-electron chi connectivity index (χ3n) is 4.71. The zero-order valence-corrected chi connectivity index (χ0v) is 15.3. The number of amides is 2. The van der Waals surface area contributed by atoms with Crippen LogP contribution in [-0.4, -0.2) is 48.6 Å². The number of nitrogens with one attached hydrogen (secondary N) is 2. The van der Waals surface area contributed by atoms with Gasteiger partial charge in [0.15, 0.2) is 0 Å². The summed E-state index contributed by atoms with van der Waals surface area (Å²) in [5.41, 5.74) is 1.71. The predicted molar refractivity (Wildman–Crippen MR) is 103 cm³/mol. The summed E-state index contributed by atoms with van der Waals surface area (Å²) in [5, 5.41) is 5.02. The Morgan fingerprint density at radius 3 is 2.26 bits per heavy atom. The molecule has 144 valence electrons. The fourth-order valence-electron chi connectivity index (χ4n) is 3.09. The van der Waals surface area contributed by atoms with Gasteiger partial charge in [0.05, 0.1) is 5.69 Å². The molecular formula is C20H24F2N4O. The maximum absolute atomic E-state index is 13.6. The number of piperazine rings is 1. The molecule has 2 N–H and O–H groups in total. The Bertz CT molecular complexity index is 774. The van der Waals surface area contributed by atoms with E-state index in [2.05, 4.69) is 27.4 Å². The van der Waals surface area contributed by atoms with Crippen LogP contribution in [-0.2, 0) is 6.54 Å². The molecule has 3 rings (SSSR count). The smallest absolute Gasteiger partial charge is 0.308 e. The van der Waals surface area contributed by atoms with Gasteiger partial charge in [0.25, 0.3) is 0 Å². The zero-order valence-electron chi connectivity index (χ0n) is 15.3. The number of likely N-dealkylation sites (N-methyl/N-ethyl adjacent to an activating group) is 1. The number of benzene rings is 2. The number of carbonyl (C=O) groups is 1. The van der Waals surface area contributed by atoms with Crippen molar-refractivity contribution in [3.8, 4) is 0 Å². The van der Waals surface area contributed by atoms with Crippen molar-refractivity contribution in [2.75, 3.05) is 43.4 Å². The van der Waals surface area contributed by atoms with Crippen molar-refractivity contribution in [2.24, 2.45) is 0 Å². The van der Waals surface area contributed by atoms with Crippen LogP contribution in [0, 0.1) is 11.6 Å². The molecule has 0 saturated carbocycles. The average Bonchev–Trinajstić information content (AvgIpc) is 2.66. The predicted octanol–water partition coefficient (Wildman–Crippen LogP) is 3.75. The van der Waals surface area contributed by atoms with Crippen LogP contribution in [0.2, 0.25) is 0 Å². The van der Waals surface area contributed by atoms with Crippen molar-refractivity contribution in [1.29, 1.82) is 0 Å². The van der Waals surface area contributed by atoms with Crippen molar-refractivity contribution < 1.29 is 13.6 Å². The number of rotatable bonds is 5. The number of halogens is 2. The van der Waals surface area contributed by atoms with E-state index in [0.717, 1.165) is 51.4 Å². The molecule has 1 fully saturated rings. The fourth-order valence-corrected chi connectivity index (χ4v) is 3.09. The van der Waals surface area contributed by atoms with Gasteiger partial charge < -0.3 is 15.5 Å². The first-order valence-electron chi connectivity index (χ1n) is 9.10. The molecule has 1 aliphatic rings. The maximum atomic E-state index is 13.6. The molecule has 0 radical (unpaired) electrons. The van der Waals surface area contributed by atoms with Crippen LogP contribution >= 0.6 is 0 Å². The van der Waals surface area contributed by atoms with E-state index in [1.54, 1.807) is 0 Å². The number of urea groups is 1. The first-order valence-corrected chi connectivity index (χ1v) is 9.10. The highest BCUT2D eigenvalue weighted by Crippen LogP contribution is 2.16. The van der Waals surface area contributed by atoms with Gasteiger partial charge in [-0.2, -0.15) is 0 Å². The highest BCUT2D eigenvalue weighted by molar-refractivity contribution is 5.99. The Morgan fingerprint density at radius 2 is 1.63 bits per heavy atom. The first-order chi connectivity index (χ1) is 13.0. The molecule has 2 amide bonds. The number of carbonyl (C=O) groups excluding carboxylic acids is 1. The van der Waals surface area contributed by atoms with E-state index in [0.29, 0.717) is 5.69 Å². The van der Waals surface area contributed by atoms with Gasteiger partial charge in [-0.05, 0) is 36.4 Å². The Hall–Kier alpha value is -2.51. The molecule has 1 heterocycles. The molecule has 0 bridgehead atoms. The molecule has 0 spiro atoms. The van der Waals surface area contributed by atoms with E-state index in [-0.39, 0.29) is 5.69 Å². The second-order valence-corrected chi connectivity index (χ2v) is 6.61. The van der Waals surface area contributed by atoms with E-state index < -0.39 is 17.7 Å². The van der Waals surface area contributed by atoms with E-state index in [1.807, 2.05) is 24.3 Å². The molecule has 0 aliphatic carbocycles. The van der Waals surface area contributed by atoms with Crippen LogP contribution in [0.3, 0.4) is 0 Å². The lowest BCUT2D eigenvalue weighted by molar-refractivity contribution is 0.132. The van der Waals surface area contributed by atoms with Crippen LogP contribution in [0.5, 0.6) is 0 Å². The minimum absolute atomic E-state index is 0.0725. The molecule has 0 aromatic heterocycles. The summed E-state index contributed by atoms with van der Waals surface area (Å²) in [5.74, 6) is -1.51.